The molecule has 0 bridgehead atoms. The molecule has 0 aliphatic rings. The van der Waals surface area contributed by atoms with Crippen LogP contribution < -0.4 is 14.8 Å². The molecule has 0 spiro atoms. The van der Waals surface area contributed by atoms with Crippen molar-refractivity contribution in [1.82, 2.24) is 4.90 Å². The molecule has 0 saturated carbocycles. The van der Waals surface area contributed by atoms with Crippen LogP contribution in [-0.2, 0) is 17.8 Å². The van der Waals surface area contributed by atoms with Crippen LogP contribution in [0.4, 0.5) is 14.5 Å². The lowest BCUT2D eigenvalue weighted by Gasteiger charge is -2.24. The van der Waals surface area contributed by atoms with Crippen molar-refractivity contribution in [2.45, 2.75) is 39.5 Å². The maximum absolute atomic E-state index is 12.5. The van der Waals surface area contributed by atoms with Crippen molar-refractivity contribution in [3.8, 4) is 11.5 Å². The number of benzene rings is 2. The van der Waals surface area contributed by atoms with Crippen molar-refractivity contribution in [2.24, 2.45) is 0 Å². The number of carbonyl (C=O) groups excluding carboxylic acids is 1. The van der Waals surface area contributed by atoms with E-state index in [1.807, 2.05) is 36.2 Å². The number of likely N-dealkylation sites (N-methyl/N-ethyl adjacent to an activating group) is 1. The van der Waals surface area contributed by atoms with Gasteiger partial charge in [-0.3, -0.25) is 9.69 Å². The van der Waals surface area contributed by atoms with E-state index in [0.717, 1.165) is 17.7 Å². The highest BCUT2D eigenvalue weighted by atomic mass is 19.3. The summed E-state index contributed by atoms with van der Waals surface area (Å²) < 4.78 is 34.4. The minimum atomic E-state index is -2.92. The summed E-state index contributed by atoms with van der Waals surface area (Å²) >= 11 is 0. The second-order valence-electron chi connectivity index (χ2n) is 6.49. The Balaban J connectivity index is 2.00. The van der Waals surface area contributed by atoms with Crippen molar-refractivity contribution in [3.63, 3.8) is 0 Å². The van der Waals surface area contributed by atoms with E-state index >= 15 is 0 Å². The lowest BCUT2D eigenvalue weighted by atomic mass is 10.1. The maximum atomic E-state index is 12.5. The molecular weight excluding hydrogens is 366 g/mol. The minimum Gasteiger partial charge on any atom is -0.493 e. The summed E-state index contributed by atoms with van der Waals surface area (Å²) in [5.74, 6) is 0.0703. The third-order valence-corrected chi connectivity index (χ3v) is 4.55. The average Bonchev–Trinajstić information content (AvgIpc) is 2.68. The van der Waals surface area contributed by atoms with Gasteiger partial charge in [0.05, 0.1) is 13.2 Å². The van der Waals surface area contributed by atoms with Crippen molar-refractivity contribution in [3.05, 3.63) is 53.6 Å². The van der Waals surface area contributed by atoms with Crippen LogP contribution in [0.2, 0.25) is 0 Å². The Morgan fingerprint density at radius 1 is 1.11 bits per heavy atom. The van der Waals surface area contributed by atoms with Gasteiger partial charge in [-0.25, -0.2) is 0 Å². The van der Waals surface area contributed by atoms with Crippen LogP contribution in [-0.4, -0.2) is 37.6 Å². The normalized spacial score (nSPS) is 12.1. The van der Waals surface area contributed by atoms with Gasteiger partial charge in [-0.2, -0.15) is 8.78 Å². The van der Waals surface area contributed by atoms with E-state index in [0.29, 0.717) is 6.54 Å². The fourth-order valence-electron chi connectivity index (χ4n) is 2.70. The summed E-state index contributed by atoms with van der Waals surface area (Å²) in [5, 5.41) is 2.90. The number of alkyl halides is 2. The van der Waals surface area contributed by atoms with Gasteiger partial charge in [0.2, 0.25) is 5.91 Å². The van der Waals surface area contributed by atoms with Crippen LogP contribution in [0.1, 0.15) is 25.0 Å². The maximum Gasteiger partial charge on any atom is 0.387 e. The molecule has 1 amide bonds. The van der Waals surface area contributed by atoms with Gasteiger partial charge in [0, 0.05) is 12.2 Å². The van der Waals surface area contributed by atoms with Crippen LogP contribution in [0.15, 0.2) is 42.5 Å². The molecule has 0 radical (unpaired) electrons. The number of methoxy groups -OCH3 is 1. The lowest BCUT2D eigenvalue weighted by Crippen LogP contribution is -2.39. The van der Waals surface area contributed by atoms with Gasteiger partial charge in [0.25, 0.3) is 0 Å². The molecule has 0 aromatic heterocycles. The molecule has 1 N–H and O–H groups in total. The van der Waals surface area contributed by atoms with E-state index in [2.05, 4.69) is 17.0 Å². The molecule has 5 nitrogen and oxygen atoms in total. The molecule has 0 saturated heterocycles. The number of rotatable bonds is 9. The second kappa shape index (κ2) is 10.0. The van der Waals surface area contributed by atoms with Crippen LogP contribution in [0.5, 0.6) is 11.5 Å². The average molecular weight is 392 g/mol. The third kappa shape index (κ3) is 5.92. The number of hydrogen-bond donors (Lipinski definition) is 1. The Labute approximate surface area is 164 Å². The summed E-state index contributed by atoms with van der Waals surface area (Å²) in [5.41, 5.74) is 2.77. The number of nitrogens with one attached hydrogen (secondary N) is 1. The molecule has 2 rings (SSSR count). The summed E-state index contributed by atoms with van der Waals surface area (Å²) in [4.78, 5) is 14.4. The van der Waals surface area contributed by atoms with Gasteiger partial charge in [0.1, 0.15) is 0 Å². The van der Waals surface area contributed by atoms with Crippen LogP contribution in [0.3, 0.4) is 0 Å². The van der Waals surface area contributed by atoms with E-state index < -0.39 is 12.7 Å². The predicted molar refractivity (Wildman–Crippen MR) is 105 cm³/mol. The number of carbonyl (C=O) groups is 1. The first-order valence-electron chi connectivity index (χ1n) is 9.05. The van der Waals surface area contributed by atoms with E-state index in [-0.39, 0.29) is 17.4 Å². The SMILES string of the molecule is CCc1ccc(NC(=O)[C@@H](C)N(C)Cc2ccc(OC(F)F)c(OC)c2)cc1. The van der Waals surface area contributed by atoms with Gasteiger partial charge in [0.15, 0.2) is 11.5 Å². The van der Waals surface area contributed by atoms with Crippen molar-refractivity contribution < 1.29 is 23.0 Å². The number of aryl methyl sites for hydroxylation is 1. The molecule has 0 unspecified atom stereocenters. The third-order valence-electron chi connectivity index (χ3n) is 4.55. The summed E-state index contributed by atoms with van der Waals surface area (Å²) in [6, 6.07) is 12.1. The topological polar surface area (TPSA) is 50.8 Å². The zero-order chi connectivity index (χ0) is 20.7. The zero-order valence-corrected chi connectivity index (χ0v) is 16.5. The molecule has 2 aromatic rings. The zero-order valence-electron chi connectivity index (χ0n) is 16.5. The highest BCUT2D eigenvalue weighted by Crippen LogP contribution is 2.30. The Morgan fingerprint density at radius 3 is 2.32 bits per heavy atom. The standard InChI is InChI=1S/C21H26F2N2O3/c1-5-15-6-9-17(10-7-15)24-20(26)14(2)25(3)13-16-8-11-18(28-21(22)23)19(12-16)27-4/h6-12,14,21H,5,13H2,1-4H3,(H,24,26)/t14-/m1/s1. The van der Waals surface area contributed by atoms with E-state index in [1.165, 1.54) is 18.7 Å². The van der Waals surface area contributed by atoms with E-state index in [1.54, 1.807) is 19.1 Å². The second-order valence-corrected chi connectivity index (χ2v) is 6.49. The van der Waals surface area contributed by atoms with E-state index in [4.69, 9.17) is 4.74 Å². The largest absolute Gasteiger partial charge is 0.493 e. The fraction of sp³-hybridized carbons (Fsp3) is 0.381. The molecule has 1 atom stereocenters. The van der Waals surface area contributed by atoms with Crippen LogP contribution >= 0.6 is 0 Å². The van der Waals surface area contributed by atoms with E-state index in [9.17, 15) is 13.6 Å². The van der Waals surface area contributed by atoms with Gasteiger partial charge >= 0.3 is 6.61 Å². The predicted octanol–water partition coefficient (Wildman–Crippen LogP) is 4.32. The fourth-order valence-corrected chi connectivity index (χ4v) is 2.70. The summed E-state index contributed by atoms with van der Waals surface area (Å²) in [6.07, 6.45) is 0.942. The van der Waals surface area contributed by atoms with Crippen molar-refractivity contribution in [1.29, 1.82) is 0 Å². The van der Waals surface area contributed by atoms with Crippen molar-refractivity contribution in [2.75, 3.05) is 19.5 Å². The highest BCUT2D eigenvalue weighted by Gasteiger charge is 2.19. The Kier molecular flexibility index (Phi) is 7.75. The number of nitrogens with zero attached hydrogens (tertiary/aromatic N) is 1. The quantitative estimate of drug-likeness (QED) is 0.691. The molecule has 152 valence electrons. The molecule has 0 heterocycles. The molecule has 28 heavy (non-hydrogen) atoms. The number of hydrogen-bond acceptors (Lipinski definition) is 4. The number of anilines is 1. The number of ether oxygens (including phenoxy) is 2. The minimum absolute atomic E-state index is 0.0229. The Morgan fingerprint density at radius 2 is 1.75 bits per heavy atom. The smallest absolute Gasteiger partial charge is 0.387 e. The Hall–Kier alpha value is -2.67. The summed E-state index contributed by atoms with van der Waals surface area (Å²) in [6.45, 7) is 1.40. The molecule has 0 aliphatic carbocycles. The molecule has 0 aliphatic heterocycles. The van der Waals surface area contributed by atoms with Gasteiger partial charge in [-0.05, 0) is 55.8 Å². The lowest BCUT2D eigenvalue weighted by molar-refractivity contribution is -0.120. The molecule has 0 fully saturated rings. The van der Waals surface area contributed by atoms with Gasteiger partial charge < -0.3 is 14.8 Å². The van der Waals surface area contributed by atoms with Crippen LogP contribution in [0.25, 0.3) is 0 Å². The molecule has 7 heteroatoms. The van der Waals surface area contributed by atoms with Crippen molar-refractivity contribution >= 4 is 11.6 Å². The first-order chi connectivity index (χ1) is 13.3. The molecular formula is C21H26F2N2O3. The highest BCUT2D eigenvalue weighted by molar-refractivity contribution is 5.94. The number of halogens is 2. The van der Waals surface area contributed by atoms with Crippen LogP contribution in [0, 0.1) is 0 Å². The Bertz CT molecular complexity index is 782. The first kappa shape index (κ1) is 21.6. The van der Waals surface area contributed by atoms with Gasteiger partial charge in [-0.15, -0.1) is 0 Å². The monoisotopic (exact) mass is 392 g/mol. The summed E-state index contributed by atoms with van der Waals surface area (Å²) in [7, 11) is 3.21. The number of amides is 1. The first-order valence-corrected chi connectivity index (χ1v) is 9.05. The van der Waals surface area contributed by atoms with Gasteiger partial charge in [-0.1, -0.05) is 25.1 Å². The molecule has 2 aromatic carbocycles.